The maximum Gasteiger partial charge on any atom is 0.0499 e. The van der Waals surface area contributed by atoms with E-state index in [-0.39, 0.29) is 0 Å². The molecule has 1 saturated heterocycles. The summed E-state index contributed by atoms with van der Waals surface area (Å²) in [7, 11) is 0. The molecule has 1 aliphatic carbocycles. The first kappa shape index (κ1) is 10.4. The van der Waals surface area contributed by atoms with Crippen LogP contribution in [0.3, 0.4) is 0 Å². The number of likely N-dealkylation sites (N-methyl/N-ethyl adjacent to an activating group) is 1. The van der Waals surface area contributed by atoms with E-state index in [4.69, 9.17) is 0 Å². The van der Waals surface area contributed by atoms with Gasteiger partial charge in [-0.05, 0) is 19.4 Å². The molecule has 0 amide bonds. The van der Waals surface area contributed by atoms with Crippen LogP contribution in [0.2, 0.25) is 0 Å². The van der Waals surface area contributed by atoms with Gasteiger partial charge in [0.2, 0.25) is 0 Å². The molecule has 3 nitrogen and oxygen atoms in total. The van der Waals surface area contributed by atoms with Crippen molar-refractivity contribution < 1.29 is 5.11 Å². The van der Waals surface area contributed by atoms with E-state index in [9.17, 15) is 5.11 Å². The van der Waals surface area contributed by atoms with Gasteiger partial charge in [0.1, 0.15) is 0 Å². The van der Waals surface area contributed by atoms with Gasteiger partial charge in [0, 0.05) is 44.7 Å². The largest absolute Gasteiger partial charge is 0.396 e. The van der Waals surface area contributed by atoms with Crippen LogP contribution in [0.4, 0.5) is 0 Å². The van der Waals surface area contributed by atoms with Gasteiger partial charge in [-0.3, -0.25) is 0 Å². The molecule has 2 rings (SSSR count). The minimum absolute atomic E-state index is 0.300. The normalized spacial score (nSPS) is 27.9. The molecule has 1 heterocycles. The summed E-state index contributed by atoms with van der Waals surface area (Å²) in [5.41, 5.74) is 0.300. The van der Waals surface area contributed by atoms with Crippen LogP contribution in [0, 0.1) is 5.41 Å². The average molecular weight is 198 g/mol. The molecular formula is C11H22N2O. The molecule has 1 saturated carbocycles. The molecular weight excluding hydrogens is 176 g/mol. The first-order valence-corrected chi connectivity index (χ1v) is 5.83. The molecule has 2 aliphatic rings. The maximum absolute atomic E-state index is 9.25. The van der Waals surface area contributed by atoms with Crippen molar-refractivity contribution in [3.05, 3.63) is 0 Å². The Morgan fingerprint density at radius 3 is 2.07 bits per heavy atom. The van der Waals surface area contributed by atoms with Crippen LogP contribution in [0.1, 0.15) is 19.8 Å². The zero-order valence-corrected chi connectivity index (χ0v) is 9.21. The van der Waals surface area contributed by atoms with Gasteiger partial charge in [0.25, 0.3) is 0 Å². The summed E-state index contributed by atoms with van der Waals surface area (Å²) < 4.78 is 0. The molecule has 0 aromatic rings. The quantitative estimate of drug-likeness (QED) is 0.708. The molecule has 0 aromatic heterocycles. The van der Waals surface area contributed by atoms with E-state index in [0.717, 1.165) is 6.54 Å². The van der Waals surface area contributed by atoms with Crippen LogP contribution < -0.4 is 0 Å². The molecule has 0 aromatic carbocycles. The minimum Gasteiger partial charge on any atom is -0.396 e. The fourth-order valence-corrected chi connectivity index (χ4v) is 2.28. The van der Waals surface area contributed by atoms with Crippen molar-refractivity contribution in [2.24, 2.45) is 5.41 Å². The number of hydrogen-bond donors (Lipinski definition) is 1. The summed E-state index contributed by atoms with van der Waals surface area (Å²) >= 11 is 0. The summed E-state index contributed by atoms with van der Waals surface area (Å²) in [6, 6.07) is 0. The molecule has 2 fully saturated rings. The second-order valence-electron chi connectivity index (χ2n) is 4.87. The Bertz CT molecular complexity index is 184. The van der Waals surface area contributed by atoms with Gasteiger partial charge in [-0.25, -0.2) is 0 Å². The zero-order chi connectivity index (χ0) is 10.0. The Morgan fingerprint density at radius 1 is 1.07 bits per heavy atom. The topological polar surface area (TPSA) is 26.7 Å². The number of piperazine rings is 1. The Hall–Kier alpha value is -0.120. The highest BCUT2D eigenvalue weighted by Crippen LogP contribution is 2.45. The fourth-order valence-electron chi connectivity index (χ4n) is 2.28. The Labute approximate surface area is 86.7 Å². The average Bonchev–Trinajstić information content (AvgIpc) is 3.00. The maximum atomic E-state index is 9.25. The summed E-state index contributed by atoms with van der Waals surface area (Å²) in [6.45, 7) is 9.72. The van der Waals surface area contributed by atoms with Crippen molar-refractivity contribution in [3.63, 3.8) is 0 Å². The lowest BCUT2D eigenvalue weighted by atomic mass is 10.1. The van der Waals surface area contributed by atoms with Crippen molar-refractivity contribution in [2.45, 2.75) is 19.8 Å². The third kappa shape index (κ3) is 2.27. The van der Waals surface area contributed by atoms with E-state index in [1.165, 1.54) is 45.6 Å². The number of nitrogens with zero attached hydrogens (tertiary/aromatic N) is 2. The standard InChI is InChI=1S/C11H22N2O/c1-2-12-5-7-13(8-6-12)9-11(10-14)3-4-11/h14H,2-10H2,1H3. The van der Waals surface area contributed by atoms with Crippen LogP contribution in [0.15, 0.2) is 0 Å². The van der Waals surface area contributed by atoms with Crippen molar-refractivity contribution >= 4 is 0 Å². The van der Waals surface area contributed by atoms with Gasteiger partial charge < -0.3 is 14.9 Å². The molecule has 0 bridgehead atoms. The summed E-state index contributed by atoms with van der Waals surface area (Å²) in [5, 5.41) is 9.25. The SMILES string of the molecule is CCN1CCN(CC2(CO)CC2)CC1. The van der Waals surface area contributed by atoms with E-state index in [2.05, 4.69) is 16.7 Å². The monoisotopic (exact) mass is 198 g/mol. The molecule has 0 spiro atoms. The lowest BCUT2D eigenvalue weighted by molar-refractivity contribution is 0.0953. The number of aliphatic hydroxyl groups excluding tert-OH is 1. The van der Waals surface area contributed by atoms with Crippen molar-refractivity contribution in [3.8, 4) is 0 Å². The van der Waals surface area contributed by atoms with Gasteiger partial charge in [-0.15, -0.1) is 0 Å². The van der Waals surface area contributed by atoms with E-state index in [1.54, 1.807) is 0 Å². The van der Waals surface area contributed by atoms with E-state index >= 15 is 0 Å². The van der Waals surface area contributed by atoms with Crippen LogP contribution >= 0.6 is 0 Å². The number of rotatable bonds is 4. The summed E-state index contributed by atoms with van der Waals surface area (Å²) in [4.78, 5) is 5.02. The van der Waals surface area contributed by atoms with Crippen LogP contribution in [-0.2, 0) is 0 Å². The Balaban J connectivity index is 1.73. The van der Waals surface area contributed by atoms with E-state index in [1.807, 2.05) is 0 Å². The number of hydrogen-bond acceptors (Lipinski definition) is 3. The predicted octanol–water partition coefficient (Wildman–Crippen LogP) is 0.396. The third-order valence-corrected chi connectivity index (χ3v) is 3.76. The first-order valence-electron chi connectivity index (χ1n) is 5.83. The summed E-state index contributed by atoms with van der Waals surface area (Å²) in [6.07, 6.45) is 2.47. The van der Waals surface area contributed by atoms with Gasteiger partial charge in [0.15, 0.2) is 0 Å². The zero-order valence-electron chi connectivity index (χ0n) is 9.21. The molecule has 1 N–H and O–H groups in total. The molecule has 0 unspecified atom stereocenters. The number of aliphatic hydroxyl groups is 1. The molecule has 82 valence electrons. The lowest BCUT2D eigenvalue weighted by Crippen LogP contribution is -2.48. The second kappa shape index (κ2) is 4.17. The predicted molar refractivity (Wildman–Crippen MR) is 57.3 cm³/mol. The summed E-state index contributed by atoms with van der Waals surface area (Å²) in [5.74, 6) is 0. The molecule has 0 radical (unpaired) electrons. The molecule has 3 heteroatoms. The Kier molecular flexibility index (Phi) is 3.10. The van der Waals surface area contributed by atoms with Crippen LogP contribution in [0.5, 0.6) is 0 Å². The van der Waals surface area contributed by atoms with E-state index in [0.29, 0.717) is 12.0 Å². The van der Waals surface area contributed by atoms with Gasteiger partial charge in [0.05, 0.1) is 0 Å². The van der Waals surface area contributed by atoms with Crippen LogP contribution in [0.25, 0.3) is 0 Å². The highest BCUT2D eigenvalue weighted by atomic mass is 16.3. The lowest BCUT2D eigenvalue weighted by Gasteiger charge is -2.35. The smallest absolute Gasteiger partial charge is 0.0499 e. The van der Waals surface area contributed by atoms with E-state index < -0.39 is 0 Å². The van der Waals surface area contributed by atoms with Crippen molar-refractivity contribution in [1.29, 1.82) is 0 Å². The van der Waals surface area contributed by atoms with Crippen molar-refractivity contribution in [1.82, 2.24) is 9.80 Å². The molecule has 1 aliphatic heterocycles. The van der Waals surface area contributed by atoms with Gasteiger partial charge in [-0.1, -0.05) is 6.92 Å². The highest BCUT2D eigenvalue weighted by Gasteiger charge is 2.43. The Morgan fingerprint density at radius 2 is 1.64 bits per heavy atom. The molecule has 0 atom stereocenters. The highest BCUT2D eigenvalue weighted by molar-refractivity contribution is 4.95. The first-order chi connectivity index (χ1) is 6.78. The fraction of sp³-hybridized carbons (Fsp3) is 1.00. The van der Waals surface area contributed by atoms with Gasteiger partial charge in [-0.2, -0.15) is 0 Å². The van der Waals surface area contributed by atoms with Gasteiger partial charge >= 0.3 is 0 Å². The second-order valence-corrected chi connectivity index (χ2v) is 4.87. The third-order valence-electron chi connectivity index (χ3n) is 3.76. The molecule has 14 heavy (non-hydrogen) atoms. The van der Waals surface area contributed by atoms with Crippen LogP contribution in [-0.4, -0.2) is 60.8 Å². The van der Waals surface area contributed by atoms with Crippen molar-refractivity contribution in [2.75, 3.05) is 45.9 Å². The minimum atomic E-state index is 0.300.